The van der Waals surface area contributed by atoms with E-state index in [9.17, 15) is 10.2 Å². The zero-order valence-electron chi connectivity index (χ0n) is 11.1. The average Bonchev–Trinajstić information content (AvgIpc) is 3.02. The van der Waals surface area contributed by atoms with Crippen LogP contribution in [-0.4, -0.2) is 64.4 Å². The molecule has 1 fully saturated rings. The summed E-state index contributed by atoms with van der Waals surface area (Å²) in [7, 11) is -2.71. The van der Waals surface area contributed by atoms with E-state index in [0.29, 0.717) is 11.2 Å². The molecule has 1 saturated heterocycles. The quantitative estimate of drug-likeness (QED) is 0.405. The maximum Gasteiger partial charge on any atom is 0.327 e. The summed E-state index contributed by atoms with van der Waals surface area (Å²) in [5, 5.41) is 19.6. The summed E-state index contributed by atoms with van der Waals surface area (Å²) in [6.07, 6.45) is -1.67. The number of hydrogen-bond donors (Lipinski definition) is 5. The average molecular weight is 331 g/mol. The molecule has 12 heteroatoms. The number of fused-ring (bicyclic) bond motifs is 1. The fraction of sp³-hybridized carbons (Fsp3) is 0.500. The molecule has 1 aliphatic rings. The molecule has 4 atom stereocenters. The second kappa shape index (κ2) is 5.97. The first-order valence-corrected chi connectivity index (χ1v) is 7.41. The number of imidazole rings is 1. The fourth-order valence-corrected chi connectivity index (χ4v) is 2.87. The molecule has 22 heavy (non-hydrogen) atoms. The van der Waals surface area contributed by atoms with Crippen molar-refractivity contribution in [2.75, 3.05) is 12.3 Å². The van der Waals surface area contributed by atoms with Gasteiger partial charge in [-0.2, -0.15) is 0 Å². The van der Waals surface area contributed by atoms with E-state index in [1.165, 1.54) is 17.2 Å². The summed E-state index contributed by atoms with van der Waals surface area (Å²) in [6, 6.07) is 0. The third-order valence-electron chi connectivity index (χ3n) is 3.37. The minimum absolute atomic E-state index is 0.178. The van der Waals surface area contributed by atoms with Crippen LogP contribution >= 0.6 is 8.60 Å². The fourth-order valence-electron chi connectivity index (χ4n) is 2.39. The summed E-state index contributed by atoms with van der Waals surface area (Å²) in [5.74, 6) is 0.178. The molecule has 6 N–H and O–H groups in total. The molecule has 2 aromatic heterocycles. The molecular formula is C10H14N5O6P. The highest BCUT2D eigenvalue weighted by Crippen LogP contribution is 2.39. The zero-order valence-corrected chi connectivity index (χ0v) is 12.0. The van der Waals surface area contributed by atoms with Gasteiger partial charge in [-0.05, 0) is 0 Å². The van der Waals surface area contributed by atoms with Crippen LogP contribution in [0.4, 0.5) is 5.82 Å². The Labute approximate surface area is 125 Å². The van der Waals surface area contributed by atoms with Gasteiger partial charge in [0.05, 0.1) is 12.9 Å². The summed E-state index contributed by atoms with van der Waals surface area (Å²) in [5.41, 5.74) is 6.37. The number of aliphatic hydroxyl groups excluding tert-OH is 2. The third-order valence-corrected chi connectivity index (χ3v) is 3.80. The Morgan fingerprint density at radius 3 is 2.82 bits per heavy atom. The van der Waals surface area contributed by atoms with Crippen molar-refractivity contribution < 1.29 is 29.3 Å². The molecule has 0 amide bonds. The van der Waals surface area contributed by atoms with E-state index in [0.717, 1.165) is 0 Å². The van der Waals surface area contributed by atoms with Crippen LogP contribution in [0.5, 0.6) is 0 Å². The maximum atomic E-state index is 10.3. The maximum absolute atomic E-state index is 10.3. The second-order valence-corrected chi connectivity index (χ2v) is 5.36. The van der Waals surface area contributed by atoms with E-state index in [4.69, 9.17) is 24.8 Å². The number of aromatic nitrogens is 4. The zero-order chi connectivity index (χ0) is 15.9. The highest BCUT2D eigenvalue weighted by atomic mass is 31.2. The molecule has 3 rings (SSSR count). The standard InChI is InChI=1S/C10H14N5O6P/c11-8-5-9(13-2-12-8)15(3-14-5)10-6(17)7(21-22(18)19)4(1-16)20-10/h2-4,6-7,10,16-19H,1H2,(H2,11,12,13)/t4-,6-,7-,10-/m1/s1. The van der Waals surface area contributed by atoms with E-state index >= 15 is 0 Å². The van der Waals surface area contributed by atoms with Crippen LogP contribution in [0, 0.1) is 0 Å². The number of nitrogens with zero attached hydrogens (tertiary/aromatic N) is 4. The van der Waals surface area contributed by atoms with Crippen molar-refractivity contribution in [3.8, 4) is 0 Å². The molecule has 2 aromatic rings. The van der Waals surface area contributed by atoms with Crippen LogP contribution in [0.3, 0.4) is 0 Å². The molecular weight excluding hydrogens is 317 g/mol. The minimum atomic E-state index is -2.71. The smallest absolute Gasteiger partial charge is 0.327 e. The number of anilines is 1. The highest BCUT2D eigenvalue weighted by molar-refractivity contribution is 7.39. The van der Waals surface area contributed by atoms with Crippen LogP contribution < -0.4 is 5.73 Å². The van der Waals surface area contributed by atoms with Crippen LogP contribution in [0.1, 0.15) is 6.23 Å². The Balaban J connectivity index is 1.95. The molecule has 0 spiro atoms. The minimum Gasteiger partial charge on any atom is -0.394 e. The van der Waals surface area contributed by atoms with E-state index in [-0.39, 0.29) is 5.82 Å². The Bertz CT molecular complexity index is 668. The number of ether oxygens (including phenoxy) is 1. The number of nitrogen functional groups attached to an aromatic ring is 1. The van der Waals surface area contributed by atoms with Crippen molar-refractivity contribution in [3.63, 3.8) is 0 Å². The van der Waals surface area contributed by atoms with Crippen LogP contribution in [-0.2, 0) is 9.26 Å². The van der Waals surface area contributed by atoms with Crippen molar-refractivity contribution in [2.24, 2.45) is 0 Å². The van der Waals surface area contributed by atoms with Crippen molar-refractivity contribution in [1.29, 1.82) is 0 Å². The third kappa shape index (κ3) is 2.52. The van der Waals surface area contributed by atoms with E-state index in [2.05, 4.69) is 15.0 Å². The molecule has 1 aliphatic heterocycles. The van der Waals surface area contributed by atoms with Crippen molar-refractivity contribution >= 4 is 25.6 Å². The molecule has 3 heterocycles. The first-order chi connectivity index (χ1) is 10.5. The normalized spacial score (nSPS) is 28.8. The predicted molar refractivity (Wildman–Crippen MR) is 73.0 cm³/mol. The number of nitrogens with two attached hydrogens (primary N) is 1. The van der Waals surface area contributed by atoms with Gasteiger partial charge in [-0.3, -0.25) is 4.57 Å². The lowest BCUT2D eigenvalue weighted by atomic mass is 10.1. The lowest BCUT2D eigenvalue weighted by Gasteiger charge is -2.19. The van der Waals surface area contributed by atoms with Gasteiger partial charge >= 0.3 is 8.60 Å². The van der Waals surface area contributed by atoms with Crippen molar-refractivity contribution in [2.45, 2.75) is 24.5 Å². The van der Waals surface area contributed by atoms with Gasteiger partial charge in [0.15, 0.2) is 17.7 Å². The first-order valence-electron chi connectivity index (χ1n) is 6.25. The van der Waals surface area contributed by atoms with Gasteiger partial charge in [0.2, 0.25) is 0 Å². The molecule has 0 aliphatic carbocycles. The number of rotatable bonds is 4. The van der Waals surface area contributed by atoms with E-state index < -0.39 is 39.7 Å². The van der Waals surface area contributed by atoms with Crippen LogP contribution in [0.2, 0.25) is 0 Å². The molecule has 0 bridgehead atoms. The SMILES string of the molecule is Nc1ncnc2c1ncn2[C@@H]1O[C@H](CO)[C@@H](OP(O)O)[C@H]1O. The van der Waals surface area contributed by atoms with Gasteiger partial charge in [-0.15, -0.1) is 0 Å². The van der Waals surface area contributed by atoms with Gasteiger partial charge in [0.1, 0.15) is 30.2 Å². The Hall–Kier alpha value is -1.46. The Morgan fingerprint density at radius 2 is 2.14 bits per heavy atom. The predicted octanol–water partition coefficient (Wildman–Crippen LogP) is -1.74. The Kier molecular flexibility index (Phi) is 4.19. The molecule has 0 radical (unpaired) electrons. The lowest BCUT2D eigenvalue weighted by Crippen LogP contribution is -2.34. The molecule has 11 nitrogen and oxygen atoms in total. The summed E-state index contributed by atoms with van der Waals surface area (Å²) < 4.78 is 11.8. The monoisotopic (exact) mass is 331 g/mol. The highest BCUT2D eigenvalue weighted by Gasteiger charge is 2.47. The van der Waals surface area contributed by atoms with Gasteiger partial charge in [0, 0.05) is 0 Å². The summed E-state index contributed by atoms with van der Waals surface area (Å²) in [6.45, 7) is -0.467. The lowest BCUT2D eigenvalue weighted by molar-refractivity contribution is -0.0505. The van der Waals surface area contributed by atoms with E-state index in [1.54, 1.807) is 0 Å². The molecule has 0 saturated carbocycles. The Morgan fingerprint density at radius 1 is 1.36 bits per heavy atom. The summed E-state index contributed by atoms with van der Waals surface area (Å²) >= 11 is 0. The van der Waals surface area contributed by atoms with Crippen LogP contribution in [0.15, 0.2) is 12.7 Å². The van der Waals surface area contributed by atoms with E-state index in [1.807, 2.05) is 0 Å². The van der Waals surface area contributed by atoms with Gasteiger partial charge in [-0.25, -0.2) is 15.0 Å². The molecule has 120 valence electrons. The molecule has 0 aromatic carbocycles. The largest absolute Gasteiger partial charge is 0.394 e. The first kappa shape index (κ1) is 15.4. The molecule has 0 unspecified atom stereocenters. The van der Waals surface area contributed by atoms with Crippen LogP contribution in [0.25, 0.3) is 11.2 Å². The van der Waals surface area contributed by atoms with Gasteiger partial charge in [-0.1, -0.05) is 0 Å². The van der Waals surface area contributed by atoms with Gasteiger partial charge in [0.25, 0.3) is 0 Å². The van der Waals surface area contributed by atoms with Crippen molar-refractivity contribution in [3.05, 3.63) is 12.7 Å². The summed E-state index contributed by atoms with van der Waals surface area (Å²) in [4.78, 5) is 29.8. The topological polar surface area (TPSA) is 169 Å². The second-order valence-electron chi connectivity index (χ2n) is 4.64. The van der Waals surface area contributed by atoms with Crippen molar-refractivity contribution in [1.82, 2.24) is 19.5 Å². The number of aliphatic hydroxyl groups is 2. The number of hydrogen-bond acceptors (Lipinski definition) is 10. The van der Waals surface area contributed by atoms with Gasteiger partial charge < -0.3 is 35.0 Å².